The van der Waals surface area contributed by atoms with Crippen LogP contribution >= 0.6 is 11.3 Å². The summed E-state index contributed by atoms with van der Waals surface area (Å²) in [5.41, 5.74) is 1.85. The highest BCUT2D eigenvalue weighted by atomic mass is 32.1. The maximum atomic E-state index is 13.2. The molecular formula is C22H26N3O3S+. The molecule has 0 spiro atoms. The van der Waals surface area contributed by atoms with Crippen molar-refractivity contribution >= 4 is 32.6 Å². The predicted octanol–water partition coefficient (Wildman–Crippen LogP) is 2.18. The van der Waals surface area contributed by atoms with E-state index in [1.54, 1.807) is 0 Å². The third-order valence-electron chi connectivity index (χ3n) is 4.83. The molecule has 0 fully saturated rings. The number of benzene rings is 2. The molecule has 0 saturated heterocycles. The first kappa shape index (κ1) is 19.7. The summed E-state index contributed by atoms with van der Waals surface area (Å²) in [6.45, 7) is 2.75. The monoisotopic (exact) mass is 412 g/mol. The fraction of sp³-hybridized carbons (Fsp3) is 0.364. The topological polar surface area (TPSA) is 56.1 Å². The van der Waals surface area contributed by atoms with Gasteiger partial charge in [-0.05, 0) is 5.56 Å². The molecule has 2 heterocycles. The number of aromatic nitrogens is 1. The van der Waals surface area contributed by atoms with Crippen molar-refractivity contribution in [1.82, 2.24) is 4.98 Å². The Hall–Kier alpha value is -2.64. The van der Waals surface area contributed by atoms with Crippen LogP contribution in [0.15, 0.2) is 42.5 Å². The van der Waals surface area contributed by atoms with E-state index in [2.05, 4.69) is 14.1 Å². The van der Waals surface area contributed by atoms with Crippen LogP contribution in [0.4, 0.5) is 5.13 Å². The van der Waals surface area contributed by atoms with Crippen LogP contribution in [0.25, 0.3) is 10.2 Å². The average Bonchev–Trinajstić information content (AvgIpc) is 3.12. The lowest BCUT2D eigenvalue weighted by Crippen LogP contribution is -3.05. The summed E-state index contributed by atoms with van der Waals surface area (Å²) in [6, 6.07) is 13.7. The number of nitrogens with one attached hydrogen (secondary N) is 1. The van der Waals surface area contributed by atoms with Gasteiger partial charge in [0.25, 0.3) is 0 Å². The Morgan fingerprint density at radius 2 is 1.86 bits per heavy atom. The predicted molar refractivity (Wildman–Crippen MR) is 115 cm³/mol. The van der Waals surface area contributed by atoms with Crippen molar-refractivity contribution in [2.24, 2.45) is 0 Å². The minimum absolute atomic E-state index is 0.0706. The first-order valence-corrected chi connectivity index (χ1v) is 10.8. The first-order chi connectivity index (χ1) is 14.1. The van der Waals surface area contributed by atoms with Crippen LogP contribution in [-0.4, -0.2) is 51.3 Å². The van der Waals surface area contributed by atoms with Crippen LogP contribution in [0.2, 0.25) is 0 Å². The molecule has 1 aromatic heterocycles. The van der Waals surface area contributed by atoms with E-state index in [4.69, 9.17) is 14.5 Å². The van der Waals surface area contributed by atoms with Crippen LogP contribution in [0.1, 0.15) is 12.0 Å². The molecule has 29 heavy (non-hydrogen) atoms. The molecule has 0 radical (unpaired) electrons. The van der Waals surface area contributed by atoms with E-state index in [-0.39, 0.29) is 5.91 Å². The van der Waals surface area contributed by atoms with Crippen molar-refractivity contribution in [3.63, 3.8) is 0 Å². The number of amides is 1. The molecule has 1 aliphatic rings. The number of fused-ring (bicyclic) bond motifs is 2. The van der Waals surface area contributed by atoms with Gasteiger partial charge in [0.2, 0.25) is 5.91 Å². The number of carbonyl (C=O) groups is 1. The molecule has 152 valence electrons. The molecule has 1 N–H and O–H groups in total. The summed E-state index contributed by atoms with van der Waals surface area (Å²) in [5.74, 6) is 1.54. The van der Waals surface area contributed by atoms with E-state index in [9.17, 15) is 4.79 Å². The second kappa shape index (κ2) is 8.80. The van der Waals surface area contributed by atoms with Crippen LogP contribution in [-0.2, 0) is 11.2 Å². The molecule has 1 aliphatic heterocycles. The summed E-state index contributed by atoms with van der Waals surface area (Å²) in [6.07, 6.45) is 1.29. The van der Waals surface area contributed by atoms with Crippen molar-refractivity contribution in [2.45, 2.75) is 12.8 Å². The average molecular weight is 413 g/mol. The second-order valence-corrected chi connectivity index (χ2v) is 8.49. The van der Waals surface area contributed by atoms with Gasteiger partial charge in [0.15, 0.2) is 16.6 Å². The van der Waals surface area contributed by atoms with Gasteiger partial charge in [-0.1, -0.05) is 41.7 Å². The molecular weight excluding hydrogens is 386 g/mol. The normalized spacial score (nSPS) is 13.1. The molecule has 0 atom stereocenters. The number of thiazole rings is 1. The van der Waals surface area contributed by atoms with Crippen molar-refractivity contribution < 1.29 is 19.2 Å². The van der Waals surface area contributed by atoms with Gasteiger partial charge in [-0.3, -0.25) is 9.69 Å². The lowest BCUT2D eigenvalue weighted by molar-refractivity contribution is -0.858. The smallest absolute Gasteiger partial charge is 0.233 e. The quantitative estimate of drug-likeness (QED) is 0.646. The fourth-order valence-corrected chi connectivity index (χ4v) is 4.37. The zero-order valence-electron chi connectivity index (χ0n) is 16.8. The maximum Gasteiger partial charge on any atom is 0.233 e. The number of quaternary nitrogens is 1. The Morgan fingerprint density at radius 3 is 2.59 bits per heavy atom. The summed E-state index contributed by atoms with van der Waals surface area (Å²) in [7, 11) is 4.25. The lowest BCUT2D eigenvalue weighted by Gasteiger charge is -2.20. The van der Waals surface area contributed by atoms with E-state index >= 15 is 0 Å². The Balaban J connectivity index is 1.61. The Bertz CT molecular complexity index is 945. The third-order valence-corrected chi connectivity index (χ3v) is 5.87. The number of hydrogen-bond donors (Lipinski definition) is 1. The van der Waals surface area contributed by atoms with Gasteiger partial charge >= 0.3 is 0 Å². The van der Waals surface area contributed by atoms with Crippen LogP contribution < -0.4 is 19.3 Å². The number of ether oxygens (including phenoxy) is 2. The van der Waals surface area contributed by atoms with Gasteiger partial charge in [-0.15, -0.1) is 0 Å². The maximum absolute atomic E-state index is 13.2. The Morgan fingerprint density at radius 1 is 1.14 bits per heavy atom. The van der Waals surface area contributed by atoms with Crippen molar-refractivity contribution in [3.05, 3.63) is 48.0 Å². The molecule has 2 aromatic carbocycles. The molecule has 7 heteroatoms. The van der Waals surface area contributed by atoms with Crippen LogP contribution in [0.3, 0.4) is 0 Å². The SMILES string of the molecule is C[NH+](C)CCCN(C(=O)Cc1ccccc1)c1nc2cc3c(cc2s1)OCCO3. The number of rotatable bonds is 7. The van der Waals surface area contributed by atoms with Gasteiger partial charge in [-0.25, -0.2) is 4.98 Å². The molecule has 0 saturated carbocycles. The molecule has 0 bridgehead atoms. The number of hydrogen-bond acceptors (Lipinski definition) is 5. The standard InChI is InChI=1S/C22H25N3O3S/c1-24(2)9-6-10-25(21(26)13-16-7-4-3-5-8-16)22-23-17-14-18-19(15-20(17)29-22)28-12-11-27-18/h3-5,7-8,14-15H,6,9-13H2,1-2H3/p+1. The largest absolute Gasteiger partial charge is 0.486 e. The highest BCUT2D eigenvalue weighted by Crippen LogP contribution is 2.38. The molecule has 1 amide bonds. The molecule has 3 aromatic rings. The Kier molecular flexibility index (Phi) is 5.97. The van der Waals surface area contributed by atoms with Gasteiger partial charge in [0, 0.05) is 25.1 Å². The van der Waals surface area contributed by atoms with Gasteiger partial charge < -0.3 is 14.4 Å². The molecule has 0 aliphatic carbocycles. The van der Waals surface area contributed by atoms with Crippen molar-refractivity contribution in [2.75, 3.05) is 45.3 Å². The summed E-state index contributed by atoms with van der Waals surface area (Å²) < 4.78 is 12.4. The van der Waals surface area contributed by atoms with Gasteiger partial charge in [0.1, 0.15) is 13.2 Å². The van der Waals surface area contributed by atoms with E-state index in [1.807, 2.05) is 47.4 Å². The van der Waals surface area contributed by atoms with Gasteiger partial charge in [-0.2, -0.15) is 0 Å². The number of nitrogens with zero attached hydrogens (tertiary/aromatic N) is 2. The first-order valence-electron chi connectivity index (χ1n) is 9.93. The van der Waals surface area contributed by atoms with E-state index in [0.29, 0.717) is 26.2 Å². The molecule has 6 nitrogen and oxygen atoms in total. The number of anilines is 1. The van der Waals surface area contributed by atoms with E-state index in [1.165, 1.54) is 16.2 Å². The Labute approximate surface area is 174 Å². The number of carbonyl (C=O) groups excluding carboxylic acids is 1. The summed E-state index contributed by atoms with van der Waals surface area (Å²) >= 11 is 1.53. The van der Waals surface area contributed by atoms with Gasteiger partial charge in [0.05, 0.1) is 37.3 Å². The second-order valence-electron chi connectivity index (χ2n) is 7.48. The zero-order chi connectivity index (χ0) is 20.2. The zero-order valence-corrected chi connectivity index (χ0v) is 17.6. The van der Waals surface area contributed by atoms with E-state index < -0.39 is 0 Å². The van der Waals surface area contributed by atoms with Crippen LogP contribution in [0, 0.1) is 0 Å². The lowest BCUT2D eigenvalue weighted by atomic mass is 10.1. The van der Waals surface area contributed by atoms with E-state index in [0.717, 1.165) is 45.4 Å². The third kappa shape index (κ3) is 4.68. The van der Waals surface area contributed by atoms with Crippen molar-refractivity contribution in [3.8, 4) is 11.5 Å². The molecule has 0 unspecified atom stereocenters. The highest BCUT2D eigenvalue weighted by Gasteiger charge is 2.22. The minimum atomic E-state index is 0.0706. The summed E-state index contributed by atoms with van der Waals surface area (Å²) in [5, 5.41) is 0.733. The molecule has 4 rings (SSSR count). The summed E-state index contributed by atoms with van der Waals surface area (Å²) in [4.78, 5) is 21.1. The minimum Gasteiger partial charge on any atom is -0.486 e. The highest BCUT2D eigenvalue weighted by molar-refractivity contribution is 7.22. The van der Waals surface area contributed by atoms with Crippen molar-refractivity contribution in [1.29, 1.82) is 0 Å². The van der Waals surface area contributed by atoms with Crippen LogP contribution in [0.5, 0.6) is 11.5 Å². The fourth-order valence-electron chi connectivity index (χ4n) is 3.35.